The molecule has 1 saturated heterocycles. The molecular formula is C9H20NO2+. The van der Waals surface area contributed by atoms with Crippen molar-refractivity contribution in [1.82, 2.24) is 0 Å². The van der Waals surface area contributed by atoms with Gasteiger partial charge in [0.05, 0.1) is 45.5 Å². The second-order valence-corrected chi connectivity index (χ2v) is 3.26. The Morgan fingerprint density at radius 3 is 2.67 bits per heavy atom. The predicted octanol–water partition coefficient (Wildman–Crippen LogP) is 0.231. The largest absolute Gasteiger partial charge is 0.390 e. The monoisotopic (exact) mass is 183 g/mol. The second kappa shape index (κ2) is 3.32. The number of quaternary nitrogens is 1. The molecule has 3 nitrogen and oxygen atoms in total. The van der Waals surface area contributed by atoms with Crippen molar-refractivity contribution in [3.05, 3.63) is 0 Å². The van der Waals surface area contributed by atoms with Gasteiger partial charge in [0.15, 0.2) is 0 Å². The first kappa shape index (κ1) is 3.23. The molecule has 1 heterocycles. The minimum atomic E-state index is -3.28. The van der Waals surface area contributed by atoms with Gasteiger partial charge >= 0.3 is 0 Å². The van der Waals surface area contributed by atoms with Gasteiger partial charge in [0, 0.05) is 6.42 Å². The summed E-state index contributed by atoms with van der Waals surface area (Å²) in [4.78, 5) is 0. The third-order valence-corrected chi connectivity index (χ3v) is 1.93. The van der Waals surface area contributed by atoms with Crippen molar-refractivity contribution in [3.8, 4) is 0 Å². The highest BCUT2D eigenvalue weighted by molar-refractivity contribution is 4.78. The zero-order valence-corrected chi connectivity index (χ0v) is 6.95. The van der Waals surface area contributed by atoms with Crippen molar-refractivity contribution in [2.24, 2.45) is 0 Å². The zero-order chi connectivity index (χ0) is 16.9. The Morgan fingerprint density at radius 1 is 1.58 bits per heavy atom. The number of hydrogen-bond donors (Lipinski definition) is 1. The maximum absolute atomic E-state index is 9.62. The number of nitrogens with zero attached hydrogens (tertiary/aromatic N) is 1. The van der Waals surface area contributed by atoms with Crippen molar-refractivity contribution in [1.29, 1.82) is 0 Å². The van der Waals surface area contributed by atoms with Crippen LogP contribution in [0.5, 0.6) is 0 Å². The van der Waals surface area contributed by atoms with E-state index in [2.05, 4.69) is 0 Å². The number of aliphatic hydroxyl groups is 1. The van der Waals surface area contributed by atoms with Crippen LogP contribution in [0.1, 0.15) is 25.7 Å². The molecule has 1 fully saturated rings. The van der Waals surface area contributed by atoms with Gasteiger partial charge in [-0.1, -0.05) is 0 Å². The van der Waals surface area contributed by atoms with Crippen molar-refractivity contribution in [3.63, 3.8) is 0 Å². The van der Waals surface area contributed by atoms with Gasteiger partial charge in [-0.2, -0.15) is 0 Å². The molecule has 1 rings (SSSR count). The predicted molar refractivity (Wildman–Crippen MR) is 47.9 cm³/mol. The summed E-state index contributed by atoms with van der Waals surface area (Å²) in [6, 6.07) is 0. The van der Waals surface area contributed by atoms with Gasteiger partial charge in [0.1, 0.15) is 12.6 Å². The van der Waals surface area contributed by atoms with Gasteiger partial charge in [-0.15, -0.1) is 0 Å². The first-order valence-corrected chi connectivity index (χ1v) is 3.85. The Hall–Kier alpha value is -0.120. The highest BCUT2D eigenvalue weighted by atomic mass is 16.5. The molecule has 12 heavy (non-hydrogen) atoms. The SMILES string of the molecule is [2H]C([2H])([2H])[N+](C[C@H]1C[C@H](O)[C@@H](C)O1)(C([2H])([2H])[2H])C([2H])([2H])[2H]. The van der Waals surface area contributed by atoms with Crippen molar-refractivity contribution in [2.75, 3.05) is 27.5 Å². The standard InChI is InChI=1S/C9H20NO2/c1-7-9(11)5-8(12-7)6-10(2,3)4/h7-9,11H,5-6H2,1-4H3/q+1/t7-,8-,9+/m1/s1/i2D3,3D3,4D3. The summed E-state index contributed by atoms with van der Waals surface area (Å²) >= 11 is 0. The van der Waals surface area contributed by atoms with E-state index in [1.807, 2.05) is 0 Å². The van der Waals surface area contributed by atoms with Crippen LogP contribution < -0.4 is 0 Å². The van der Waals surface area contributed by atoms with Crippen molar-refractivity contribution in [2.45, 2.75) is 31.7 Å². The van der Waals surface area contributed by atoms with Crippen LogP contribution in [0, 0.1) is 0 Å². The molecule has 1 aliphatic rings. The molecule has 0 amide bonds. The van der Waals surface area contributed by atoms with E-state index < -0.39 is 50.3 Å². The highest BCUT2D eigenvalue weighted by Crippen LogP contribution is 2.21. The highest BCUT2D eigenvalue weighted by Gasteiger charge is 2.33. The zero-order valence-electron chi connectivity index (χ0n) is 15.9. The van der Waals surface area contributed by atoms with E-state index in [1.54, 1.807) is 6.92 Å². The van der Waals surface area contributed by atoms with Crippen LogP contribution in [-0.4, -0.2) is 55.4 Å². The van der Waals surface area contributed by atoms with Crippen LogP contribution in [0.3, 0.4) is 0 Å². The van der Waals surface area contributed by atoms with E-state index in [9.17, 15) is 5.11 Å². The van der Waals surface area contributed by atoms with Gasteiger partial charge < -0.3 is 14.3 Å². The van der Waals surface area contributed by atoms with Crippen LogP contribution in [0.4, 0.5) is 0 Å². The maximum atomic E-state index is 9.62. The lowest BCUT2D eigenvalue weighted by Gasteiger charge is -2.26. The third-order valence-electron chi connectivity index (χ3n) is 1.93. The Morgan fingerprint density at radius 2 is 2.25 bits per heavy atom. The first-order valence-electron chi connectivity index (χ1n) is 8.35. The number of ether oxygens (including phenoxy) is 1. The summed E-state index contributed by atoms with van der Waals surface area (Å²) in [5.41, 5.74) is 0. The molecule has 3 atom stereocenters. The van der Waals surface area contributed by atoms with Gasteiger partial charge in [-0.05, 0) is 6.92 Å². The lowest BCUT2D eigenvalue weighted by Crippen LogP contribution is -2.41. The Kier molecular flexibility index (Phi) is 0.893. The van der Waals surface area contributed by atoms with Gasteiger partial charge in [-0.3, -0.25) is 0 Å². The van der Waals surface area contributed by atoms with Gasteiger partial charge in [0.25, 0.3) is 0 Å². The summed E-state index contributed by atoms with van der Waals surface area (Å²) < 4.78 is 70.6. The van der Waals surface area contributed by atoms with Crippen molar-refractivity contribution >= 4 is 0 Å². The number of rotatable bonds is 2. The molecule has 0 radical (unpaired) electrons. The smallest absolute Gasteiger partial charge is 0.109 e. The van der Waals surface area contributed by atoms with E-state index in [1.165, 1.54) is 0 Å². The molecule has 0 bridgehead atoms. The Bertz CT molecular complexity index is 329. The van der Waals surface area contributed by atoms with E-state index in [-0.39, 0.29) is 6.42 Å². The molecule has 0 unspecified atom stereocenters. The van der Waals surface area contributed by atoms with E-state index in [4.69, 9.17) is 17.1 Å². The molecule has 0 aromatic carbocycles. The van der Waals surface area contributed by atoms with Crippen molar-refractivity contribution < 1.29 is 26.7 Å². The summed E-state index contributed by atoms with van der Waals surface area (Å²) in [7, 11) is 0. The number of aliphatic hydroxyl groups excluding tert-OH is 1. The Balaban J connectivity index is 3.26. The summed E-state index contributed by atoms with van der Waals surface area (Å²) in [6.07, 6.45) is -2.41. The first-order chi connectivity index (χ1) is 9.13. The van der Waals surface area contributed by atoms with E-state index >= 15 is 0 Å². The second-order valence-electron chi connectivity index (χ2n) is 3.26. The molecule has 0 aromatic rings. The fourth-order valence-electron chi connectivity index (χ4n) is 1.33. The van der Waals surface area contributed by atoms with Crippen LogP contribution in [0.15, 0.2) is 0 Å². The molecule has 0 aromatic heterocycles. The topological polar surface area (TPSA) is 29.5 Å². The fourth-order valence-corrected chi connectivity index (χ4v) is 1.33. The fraction of sp³-hybridized carbons (Fsp3) is 1.00. The molecule has 1 N–H and O–H groups in total. The molecule has 0 spiro atoms. The van der Waals surface area contributed by atoms with Crippen LogP contribution >= 0.6 is 0 Å². The molecule has 0 saturated carbocycles. The van der Waals surface area contributed by atoms with E-state index in [0.717, 1.165) is 0 Å². The quantitative estimate of drug-likeness (QED) is 0.621. The molecule has 0 aliphatic carbocycles. The molecule has 3 heteroatoms. The van der Waals surface area contributed by atoms with Crippen LogP contribution in [0.25, 0.3) is 0 Å². The van der Waals surface area contributed by atoms with Gasteiger partial charge in [0.2, 0.25) is 0 Å². The number of hydrogen-bond acceptors (Lipinski definition) is 2. The average Bonchev–Trinajstić information content (AvgIpc) is 2.49. The average molecular weight is 183 g/mol. The lowest BCUT2D eigenvalue weighted by molar-refractivity contribution is -0.873. The van der Waals surface area contributed by atoms with Crippen LogP contribution in [-0.2, 0) is 4.74 Å². The molecular weight excluding hydrogens is 154 g/mol. The normalized spacial score (nSPS) is 51.5. The summed E-state index contributed by atoms with van der Waals surface area (Å²) in [5, 5.41) is 9.62. The van der Waals surface area contributed by atoms with E-state index in [0.29, 0.717) is 0 Å². The third kappa shape index (κ3) is 2.73. The molecule has 1 aliphatic heterocycles. The lowest BCUT2D eigenvalue weighted by atomic mass is 10.1. The van der Waals surface area contributed by atoms with Crippen LogP contribution in [0.2, 0.25) is 0 Å². The molecule has 72 valence electrons. The minimum Gasteiger partial charge on any atom is -0.390 e. The Labute approximate surface area is 87.2 Å². The minimum absolute atomic E-state index is 0.00338. The number of likely N-dealkylation sites (N-methyl/N-ethyl adjacent to an activating group) is 1. The maximum Gasteiger partial charge on any atom is 0.109 e. The summed E-state index contributed by atoms with van der Waals surface area (Å²) in [6.45, 7) is -9.03. The van der Waals surface area contributed by atoms with Gasteiger partial charge in [-0.25, -0.2) is 0 Å². The summed E-state index contributed by atoms with van der Waals surface area (Å²) in [5.74, 6) is 0.